The van der Waals surface area contributed by atoms with E-state index in [-0.39, 0.29) is 18.4 Å². The Balaban J connectivity index is 1.82. The lowest BCUT2D eigenvalue weighted by Gasteiger charge is -2.21. The van der Waals surface area contributed by atoms with Gasteiger partial charge in [-0.25, -0.2) is 9.97 Å². The van der Waals surface area contributed by atoms with Gasteiger partial charge in [-0.2, -0.15) is 0 Å². The van der Waals surface area contributed by atoms with Crippen LogP contribution in [-0.2, 0) is 17.8 Å². The van der Waals surface area contributed by atoms with Crippen LogP contribution in [0.15, 0.2) is 30.5 Å². The van der Waals surface area contributed by atoms with Crippen LogP contribution < -0.4 is 5.32 Å². The molecule has 0 bridgehead atoms. The first-order valence-corrected chi connectivity index (χ1v) is 11.0. The predicted octanol–water partition coefficient (Wildman–Crippen LogP) is 5.13. The molecule has 0 aliphatic heterocycles. The molecule has 1 atom stereocenters. The monoisotopic (exact) mass is 395 g/mol. The second-order valence-corrected chi connectivity index (χ2v) is 8.25. The molecule has 1 aliphatic carbocycles. The van der Waals surface area contributed by atoms with E-state index in [1.54, 1.807) is 6.20 Å². The summed E-state index contributed by atoms with van der Waals surface area (Å²) in [4.78, 5) is 21.9. The van der Waals surface area contributed by atoms with E-state index in [1.165, 1.54) is 32.1 Å². The van der Waals surface area contributed by atoms with Crippen molar-refractivity contribution in [2.45, 2.75) is 71.8 Å². The third kappa shape index (κ3) is 5.86. The van der Waals surface area contributed by atoms with E-state index in [1.807, 2.05) is 38.1 Å². The summed E-state index contributed by atoms with van der Waals surface area (Å²) in [7, 11) is 0. The molecule has 1 amide bonds. The number of hydrogen-bond donors (Lipinski definition) is 2. The summed E-state index contributed by atoms with van der Waals surface area (Å²) in [6.45, 7) is 3.97. The summed E-state index contributed by atoms with van der Waals surface area (Å²) >= 11 is 0. The van der Waals surface area contributed by atoms with E-state index in [2.05, 4.69) is 10.3 Å². The molecular formula is C24H33N3O2. The molecule has 0 spiro atoms. The van der Waals surface area contributed by atoms with Crippen molar-refractivity contribution in [3.05, 3.63) is 41.7 Å². The Kier molecular flexibility index (Phi) is 7.76. The zero-order valence-corrected chi connectivity index (χ0v) is 17.7. The molecule has 2 aromatic rings. The van der Waals surface area contributed by atoms with Crippen molar-refractivity contribution in [2.24, 2.45) is 11.8 Å². The Labute approximate surface area is 174 Å². The summed E-state index contributed by atoms with van der Waals surface area (Å²) < 4.78 is 0. The number of anilines is 1. The van der Waals surface area contributed by atoms with Crippen LogP contribution in [0.25, 0.3) is 11.3 Å². The number of rotatable bonds is 8. The number of carbonyl (C=O) groups excluding carboxylic acids is 1. The highest BCUT2D eigenvalue weighted by Crippen LogP contribution is 2.29. The summed E-state index contributed by atoms with van der Waals surface area (Å²) in [5.74, 6) is 1.30. The van der Waals surface area contributed by atoms with Crippen molar-refractivity contribution in [2.75, 3.05) is 5.32 Å². The maximum Gasteiger partial charge on any atom is 0.228 e. The van der Waals surface area contributed by atoms with Gasteiger partial charge in [-0.3, -0.25) is 4.79 Å². The number of benzene rings is 1. The molecule has 1 aromatic heterocycles. The second-order valence-electron chi connectivity index (χ2n) is 8.25. The molecule has 5 heteroatoms. The fourth-order valence-electron chi connectivity index (χ4n) is 3.87. The van der Waals surface area contributed by atoms with E-state index in [0.717, 1.165) is 47.7 Å². The molecule has 1 aliphatic rings. The summed E-state index contributed by atoms with van der Waals surface area (Å²) in [5, 5.41) is 12.3. The highest BCUT2D eigenvalue weighted by Gasteiger charge is 2.18. The van der Waals surface area contributed by atoms with Crippen LogP contribution in [0, 0.1) is 11.8 Å². The van der Waals surface area contributed by atoms with Crippen molar-refractivity contribution in [3.8, 4) is 11.3 Å². The minimum atomic E-state index is -0.0475. The van der Waals surface area contributed by atoms with Crippen LogP contribution in [0.5, 0.6) is 0 Å². The van der Waals surface area contributed by atoms with Gasteiger partial charge in [0.05, 0.1) is 24.2 Å². The molecule has 29 heavy (non-hydrogen) atoms. The van der Waals surface area contributed by atoms with Crippen molar-refractivity contribution < 1.29 is 9.90 Å². The Bertz CT molecular complexity index is 798. The van der Waals surface area contributed by atoms with Crippen LogP contribution in [-0.4, -0.2) is 21.0 Å². The van der Waals surface area contributed by atoms with Gasteiger partial charge in [0, 0.05) is 11.5 Å². The van der Waals surface area contributed by atoms with E-state index in [9.17, 15) is 9.90 Å². The number of aliphatic hydroxyl groups excluding tert-OH is 1. The smallest absolute Gasteiger partial charge is 0.228 e. The Morgan fingerprint density at radius 1 is 1.21 bits per heavy atom. The van der Waals surface area contributed by atoms with E-state index in [4.69, 9.17) is 4.98 Å². The normalized spacial score (nSPS) is 15.8. The van der Waals surface area contributed by atoms with E-state index in [0.29, 0.717) is 5.82 Å². The molecule has 0 radical (unpaired) electrons. The van der Waals surface area contributed by atoms with Gasteiger partial charge in [0.1, 0.15) is 0 Å². The lowest BCUT2D eigenvalue weighted by Crippen LogP contribution is -2.22. The fraction of sp³-hybridized carbons (Fsp3) is 0.542. The summed E-state index contributed by atoms with van der Waals surface area (Å²) in [6, 6.07) is 7.71. The molecule has 1 heterocycles. The SMILES string of the molecule is CCC(C)C(=O)Nc1ncc(-c2ccc(CO)cc2)nc1CCC1CCCCC1. The Hall–Kier alpha value is -2.27. The first kappa shape index (κ1) is 21.4. The highest BCUT2D eigenvalue weighted by atomic mass is 16.3. The minimum absolute atomic E-state index is 0.000708. The van der Waals surface area contributed by atoms with Gasteiger partial charge in [0.25, 0.3) is 0 Å². The van der Waals surface area contributed by atoms with Crippen LogP contribution in [0.2, 0.25) is 0 Å². The Morgan fingerprint density at radius 3 is 2.59 bits per heavy atom. The first-order valence-electron chi connectivity index (χ1n) is 11.0. The topological polar surface area (TPSA) is 75.1 Å². The number of hydrogen-bond acceptors (Lipinski definition) is 4. The van der Waals surface area contributed by atoms with E-state index >= 15 is 0 Å². The molecule has 5 nitrogen and oxygen atoms in total. The molecule has 1 saturated carbocycles. The third-order valence-electron chi connectivity index (χ3n) is 6.09. The second kappa shape index (κ2) is 10.5. The summed E-state index contributed by atoms with van der Waals surface area (Å²) in [5.41, 5.74) is 3.51. The van der Waals surface area contributed by atoms with Crippen LogP contribution in [0.4, 0.5) is 5.82 Å². The predicted molar refractivity (Wildman–Crippen MR) is 116 cm³/mol. The van der Waals surface area contributed by atoms with Crippen LogP contribution >= 0.6 is 0 Å². The highest BCUT2D eigenvalue weighted by molar-refractivity contribution is 5.91. The van der Waals surface area contributed by atoms with Gasteiger partial charge in [-0.15, -0.1) is 0 Å². The fourth-order valence-corrected chi connectivity index (χ4v) is 3.87. The molecule has 0 saturated heterocycles. The van der Waals surface area contributed by atoms with Gasteiger partial charge in [-0.05, 0) is 30.7 Å². The minimum Gasteiger partial charge on any atom is -0.392 e. The van der Waals surface area contributed by atoms with Gasteiger partial charge in [0.2, 0.25) is 5.91 Å². The molecule has 1 aromatic carbocycles. The van der Waals surface area contributed by atoms with Gasteiger partial charge in [-0.1, -0.05) is 70.2 Å². The van der Waals surface area contributed by atoms with Gasteiger partial charge < -0.3 is 10.4 Å². The van der Waals surface area contributed by atoms with Gasteiger partial charge >= 0.3 is 0 Å². The van der Waals surface area contributed by atoms with Crippen molar-refractivity contribution >= 4 is 11.7 Å². The number of amides is 1. The summed E-state index contributed by atoms with van der Waals surface area (Å²) in [6.07, 6.45) is 11.0. The maximum atomic E-state index is 12.4. The number of nitrogens with zero attached hydrogens (tertiary/aromatic N) is 2. The van der Waals surface area contributed by atoms with Crippen LogP contribution in [0.3, 0.4) is 0 Å². The Morgan fingerprint density at radius 2 is 1.93 bits per heavy atom. The quantitative estimate of drug-likeness (QED) is 0.649. The molecule has 2 N–H and O–H groups in total. The van der Waals surface area contributed by atoms with Crippen molar-refractivity contribution in [1.29, 1.82) is 0 Å². The average Bonchev–Trinajstić information content (AvgIpc) is 2.78. The van der Waals surface area contributed by atoms with Crippen molar-refractivity contribution in [1.82, 2.24) is 9.97 Å². The molecule has 1 unspecified atom stereocenters. The number of nitrogens with one attached hydrogen (secondary N) is 1. The molecule has 156 valence electrons. The lowest BCUT2D eigenvalue weighted by molar-refractivity contribution is -0.119. The molecule has 1 fully saturated rings. The standard InChI is InChI=1S/C24H33N3O2/c1-3-17(2)24(29)27-23-21(14-11-18-7-5-4-6-8-18)26-22(15-25-23)20-12-9-19(16-28)10-13-20/h9-10,12-13,15,17-18,28H,3-8,11,14,16H2,1-2H3,(H,25,27,29). The zero-order valence-electron chi connectivity index (χ0n) is 17.7. The van der Waals surface area contributed by atoms with Crippen LogP contribution in [0.1, 0.15) is 70.1 Å². The van der Waals surface area contributed by atoms with Gasteiger partial charge in [0.15, 0.2) is 5.82 Å². The zero-order chi connectivity index (χ0) is 20.6. The third-order valence-corrected chi connectivity index (χ3v) is 6.09. The van der Waals surface area contributed by atoms with Crippen molar-refractivity contribution in [3.63, 3.8) is 0 Å². The number of aromatic nitrogens is 2. The number of carbonyl (C=O) groups is 1. The number of aliphatic hydroxyl groups is 1. The molecule has 3 rings (SSSR count). The maximum absolute atomic E-state index is 12.4. The first-order chi connectivity index (χ1) is 14.1. The lowest BCUT2D eigenvalue weighted by atomic mass is 9.86. The van der Waals surface area contributed by atoms with E-state index < -0.39 is 0 Å². The molecular weight excluding hydrogens is 362 g/mol. The average molecular weight is 396 g/mol. The number of aryl methyl sites for hydroxylation is 1. The largest absolute Gasteiger partial charge is 0.392 e.